The molecule has 0 saturated carbocycles. The molecule has 0 spiro atoms. The first-order chi connectivity index (χ1) is 15.6. The van der Waals surface area contributed by atoms with Crippen LogP contribution in [0.25, 0.3) is 11.0 Å². The van der Waals surface area contributed by atoms with E-state index in [9.17, 15) is 9.59 Å². The van der Waals surface area contributed by atoms with Crippen LogP contribution in [0.2, 0.25) is 0 Å². The second kappa shape index (κ2) is 10.9. The van der Waals surface area contributed by atoms with Gasteiger partial charge < -0.3 is 14.1 Å². The fourth-order valence-corrected chi connectivity index (χ4v) is 3.58. The van der Waals surface area contributed by atoms with E-state index in [1.54, 1.807) is 47.6 Å². The third kappa shape index (κ3) is 5.30. The number of benzene rings is 2. The van der Waals surface area contributed by atoms with E-state index in [1.807, 2.05) is 18.2 Å². The lowest BCUT2D eigenvalue weighted by atomic mass is 10.1. The van der Waals surface area contributed by atoms with Crippen LogP contribution in [0.3, 0.4) is 0 Å². The molecule has 2 aromatic carbocycles. The summed E-state index contributed by atoms with van der Waals surface area (Å²) in [4.78, 5) is 28.0. The quantitative estimate of drug-likeness (QED) is 0.291. The number of rotatable bonds is 8. The van der Waals surface area contributed by atoms with E-state index in [-0.39, 0.29) is 31.5 Å². The van der Waals surface area contributed by atoms with Gasteiger partial charge in [-0.05, 0) is 55.8 Å². The number of fused-ring (bicyclic) bond motifs is 1. The van der Waals surface area contributed by atoms with Gasteiger partial charge in [-0.15, -0.1) is 12.4 Å². The number of hydrogen-bond donors (Lipinski definition) is 2. The molecule has 2 heterocycles. The van der Waals surface area contributed by atoms with E-state index in [1.165, 1.54) is 12.5 Å². The molecule has 2 amide bonds. The number of ether oxygens (including phenoxy) is 1. The molecule has 0 radical (unpaired) electrons. The average Bonchev–Trinajstić information content (AvgIpc) is 3.20. The summed E-state index contributed by atoms with van der Waals surface area (Å²) in [7, 11) is 0. The van der Waals surface area contributed by atoms with Gasteiger partial charge in [0, 0.05) is 35.8 Å². The highest BCUT2D eigenvalue weighted by Crippen LogP contribution is 2.35. The molecule has 1 fully saturated rings. The molecular weight excluding hydrogens is 446 g/mol. The van der Waals surface area contributed by atoms with Crippen molar-refractivity contribution in [3.8, 4) is 5.75 Å². The highest BCUT2D eigenvalue weighted by Gasteiger charge is 2.22. The number of nitrogens with zero attached hydrogens (tertiary/aromatic N) is 2. The number of amides is 2. The van der Waals surface area contributed by atoms with Gasteiger partial charge in [-0.25, -0.2) is 5.48 Å². The van der Waals surface area contributed by atoms with E-state index in [4.69, 9.17) is 14.4 Å². The molecule has 0 bridgehead atoms. The van der Waals surface area contributed by atoms with Gasteiger partial charge in [0.05, 0.1) is 6.54 Å². The molecule has 8 nitrogen and oxygen atoms in total. The van der Waals surface area contributed by atoms with Crippen molar-refractivity contribution in [2.75, 3.05) is 36.0 Å². The van der Waals surface area contributed by atoms with Crippen LogP contribution in [-0.4, -0.2) is 43.3 Å². The Kier molecular flexibility index (Phi) is 7.97. The number of halogens is 1. The maximum absolute atomic E-state index is 12.7. The number of anilines is 2. The molecule has 9 heteroatoms. The van der Waals surface area contributed by atoms with E-state index in [0.717, 1.165) is 29.7 Å². The predicted molar refractivity (Wildman–Crippen MR) is 129 cm³/mol. The molecule has 3 aromatic rings. The molecule has 0 atom stereocenters. The van der Waals surface area contributed by atoms with Gasteiger partial charge in [0.15, 0.2) is 0 Å². The Morgan fingerprint density at radius 3 is 2.61 bits per heavy atom. The van der Waals surface area contributed by atoms with Crippen molar-refractivity contribution in [2.45, 2.75) is 13.3 Å². The normalized spacial score (nSPS) is 12.8. The Labute approximate surface area is 197 Å². The Morgan fingerprint density at radius 2 is 1.97 bits per heavy atom. The highest BCUT2D eigenvalue weighted by molar-refractivity contribution is 6.03. The summed E-state index contributed by atoms with van der Waals surface area (Å²) in [5, 5.41) is 9.68. The first-order valence-corrected chi connectivity index (χ1v) is 10.5. The van der Waals surface area contributed by atoms with Gasteiger partial charge in [0.1, 0.15) is 17.9 Å². The number of hydrogen-bond acceptors (Lipinski definition) is 6. The molecule has 1 aliphatic rings. The topological polar surface area (TPSA) is 95.2 Å². The summed E-state index contributed by atoms with van der Waals surface area (Å²) in [6, 6.07) is 14.2. The standard InChI is InChI=1S/C24H25N3O5.ClH/c1-2-5-22(28)27(14-15-31-18-10-8-17(9-11-18)24(29)25-30)23-16-19-20(26-12-4-13-26)6-3-7-21(19)32-23;/h2-3,5-11,16,30H,4,12-15H2,1H3,(H,25,29);1H/b5-2+;. The minimum atomic E-state index is -0.595. The third-order valence-electron chi connectivity index (χ3n) is 5.37. The number of carbonyl (C=O) groups is 2. The third-order valence-corrected chi connectivity index (χ3v) is 5.37. The van der Waals surface area contributed by atoms with Crippen LogP contribution in [0.15, 0.2) is 65.1 Å². The molecule has 4 rings (SSSR count). The van der Waals surface area contributed by atoms with E-state index < -0.39 is 5.91 Å². The molecule has 2 N–H and O–H groups in total. The van der Waals surface area contributed by atoms with Crippen LogP contribution in [0.4, 0.5) is 11.6 Å². The minimum absolute atomic E-state index is 0. The number of nitrogens with one attached hydrogen (secondary N) is 1. The lowest BCUT2D eigenvalue weighted by Crippen LogP contribution is -2.37. The van der Waals surface area contributed by atoms with Crippen molar-refractivity contribution in [3.05, 3.63) is 66.2 Å². The number of hydroxylamine groups is 1. The van der Waals surface area contributed by atoms with Gasteiger partial charge in [-0.1, -0.05) is 12.1 Å². The van der Waals surface area contributed by atoms with Crippen LogP contribution in [-0.2, 0) is 4.79 Å². The highest BCUT2D eigenvalue weighted by atomic mass is 35.5. The van der Waals surface area contributed by atoms with Crippen molar-refractivity contribution < 1.29 is 24.0 Å². The van der Waals surface area contributed by atoms with Crippen molar-refractivity contribution in [3.63, 3.8) is 0 Å². The van der Waals surface area contributed by atoms with Crippen molar-refractivity contribution in [1.82, 2.24) is 5.48 Å². The monoisotopic (exact) mass is 471 g/mol. The Balaban J connectivity index is 0.00000306. The smallest absolute Gasteiger partial charge is 0.274 e. The summed E-state index contributed by atoms with van der Waals surface area (Å²) in [5.74, 6) is 0.218. The minimum Gasteiger partial charge on any atom is -0.492 e. The van der Waals surface area contributed by atoms with Crippen molar-refractivity contribution in [2.24, 2.45) is 0 Å². The zero-order valence-corrected chi connectivity index (χ0v) is 19.0. The van der Waals surface area contributed by atoms with Gasteiger partial charge >= 0.3 is 0 Å². The summed E-state index contributed by atoms with van der Waals surface area (Å²) >= 11 is 0. The second-order valence-corrected chi connectivity index (χ2v) is 7.42. The average molecular weight is 472 g/mol. The van der Waals surface area contributed by atoms with E-state index >= 15 is 0 Å². The van der Waals surface area contributed by atoms with Crippen LogP contribution < -0.4 is 20.0 Å². The molecule has 0 unspecified atom stereocenters. The number of carbonyl (C=O) groups excluding carboxylic acids is 2. The fourth-order valence-electron chi connectivity index (χ4n) is 3.58. The van der Waals surface area contributed by atoms with Gasteiger partial charge in [0.2, 0.25) is 5.88 Å². The zero-order valence-electron chi connectivity index (χ0n) is 18.2. The maximum atomic E-state index is 12.7. The van der Waals surface area contributed by atoms with Crippen LogP contribution >= 0.6 is 12.4 Å². The van der Waals surface area contributed by atoms with Crippen LogP contribution in [0, 0.1) is 0 Å². The molecule has 1 aromatic heterocycles. The van der Waals surface area contributed by atoms with Gasteiger partial charge in [-0.2, -0.15) is 0 Å². The first kappa shape index (κ1) is 24.2. The molecule has 1 aliphatic heterocycles. The summed E-state index contributed by atoms with van der Waals surface area (Å²) in [6.07, 6.45) is 4.36. The van der Waals surface area contributed by atoms with Gasteiger partial charge in [-0.3, -0.25) is 19.7 Å². The molecule has 174 valence electrons. The summed E-state index contributed by atoms with van der Waals surface area (Å²) < 4.78 is 11.8. The zero-order chi connectivity index (χ0) is 22.5. The SMILES string of the molecule is C/C=C/C(=O)N(CCOc1ccc(C(=O)NO)cc1)c1cc2c(N3CCC3)cccc2o1.Cl. The molecule has 1 saturated heterocycles. The maximum Gasteiger partial charge on any atom is 0.274 e. The van der Waals surface area contributed by atoms with Crippen molar-refractivity contribution >= 4 is 46.8 Å². The fraction of sp³-hybridized carbons (Fsp3) is 0.250. The lowest BCUT2D eigenvalue weighted by Gasteiger charge is -2.33. The first-order valence-electron chi connectivity index (χ1n) is 10.5. The van der Waals surface area contributed by atoms with E-state index in [2.05, 4.69) is 11.0 Å². The molecular formula is C24H26ClN3O5. The lowest BCUT2D eigenvalue weighted by molar-refractivity contribution is -0.114. The Bertz CT molecular complexity index is 1140. The second-order valence-electron chi connectivity index (χ2n) is 7.42. The van der Waals surface area contributed by atoms with Crippen LogP contribution in [0.5, 0.6) is 5.75 Å². The van der Waals surface area contributed by atoms with Gasteiger partial charge in [0.25, 0.3) is 11.8 Å². The summed E-state index contributed by atoms with van der Waals surface area (Å²) in [5.41, 5.74) is 3.75. The van der Waals surface area contributed by atoms with Crippen LogP contribution in [0.1, 0.15) is 23.7 Å². The Morgan fingerprint density at radius 1 is 1.21 bits per heavy atom. The molecule has 0 aliphatic carbocycles. The van der Waals surface area contributed by atoms with E-state index in [0.29, 0.717) is 17.2 Å². The predicted octanol–water partition coefficient (Wildman–Crippen LogP) is 4.17. The number of furan rings is 1. The number of allylic oxidation sites excluding steroid dienone is 1. The molecule has 33 heavy (non-hydrogen) atoms. The van der Waals surface area contributed by atoms with Crippen molar-refractivity contribution in [1.29, 1.82) is 0 Å². The summed E-state index contributed by atoms with van der Waals surface area (Å²) in [6.45, 7) is 4.34. The largest absolute Gasteiger partial charge is 0.492 e. The Hall–Kier alpha value is -3.49.